The topological polar surface area (TPSA) is 190 Å². The lowest BCUT2D eigenvalue weighted by Gasteiger charge is -2.16. The Kier molecular flexibility index (Phi) is 4.85. The highest BCUT2D eigenvalue weighted by Crippen LogP contribution is 2.42. The van der Waals surface area contributed by atoms with Gasteiger partial charge in [0.05, 0.1) is 18.1 Å². The van der Waals surface area contributed by atoms with Gasteiger partial charge in [-0.15, -0.1) is 22.7 Å². The van der Waals surface area contributed by atoms with Gasteiger partial charge in [0.1, 0.15) is 70.8 Å². The van der Waals surface area contributed by atoms with Gasteiger partial charge in [-0.05, 0) is 0 Å². The Balaban J connectivity index is 2.83. The van der Waals surface area contributed by atoms with Gasteiger partial charge >= 0.3 is 0 Å². The molecule has 0 fully saturated rings. The van der Waals surface area contributed by atoms with E-state index in [1.54, 1.807) is 48.6 Å². The summed E-state index contributed by atoms with van der Waals surface area (Å²) in [6, 6.07) is 14.1. The minimum atomic E-state index is -0.262. The molecule has 0 amide bonds. The van der Waals surface area contributed by atoms with E-state index < -0.39 is 0 Å². The Morgan fingerprint density at radius 2 is 0.533 bits per heavy atom. The van der Waals surface area contributed by atoms with E-state index in [4.69, 9.17) is 0 Å². The number of nitrogens with zero attached hydrogens (tertiary/aromatic N) is 8. The molecular formula is C20N8S2. The molecule has 132 valence electrons. The van der Waals surface area contributed by atoms with E-state index in [1.807, 2.05) is 0 Å². The van der Waals surface area contributed by atoms with Crippen LogP contribution in [0.3, 0.4) is 0 Å². The van der Waals surface area contributed by atoms with Gasteiger partial charge in [0, 0.05) is 22.3 Å². The number of hydrogen-bond donors (Lipinski definition) is 0. The Bertz CT molecular complexity index is 1430. The number of rotatable bonds is 0. The van der Waals surface area contributed by atoms with Crippen LogP contribution >= 0.6 is 22.7 Å². The standard InChI is InChI=1S/C20N8S2/c21-1-9(2-22)17-13-14(18(29-17)10(3-23)4-24)16-15(13)19(11(5-25)6-26)30-20(16)12(7-27)8-28. The third kappa shape index (κ3) is 2.43. The quantitative estimate of drug-likeness (QED) is 0.497. The van der Waals surface area contributed by atoms with Gasteiger partial charge in [0.15, 0.2) is 0 Å². The maximum absolute atomic E-state index is 9.33. The Hall–Kier alpha value is -5.20. The molecule has 0 unspecified atom stereocenters. The molecule has 0 aromatic carbocycles. The van der Waals surface area contributed by atoms with Crippen LogP contribution in [-0.4, -0.2) is 0 Å². The fourth-order valence-corrected chi connectivity index (χ4v) is 5.37. The zero-order chi connectivity index (χ0) is 22.0. The second kappa shape index (κ2) is 7.43. The second-order valence-electron chi connectivity index (χ2n) is 5.42. The zero-order valence-electron chi connectivity index (χ0n) is 14.4. The predicted molar refractivity (Wildman–Crippen MR) is 104 cm³/mol. The molecule has 10 heteroatoms. The van der Waals surface area contributed by atoms with E-state index in [0.29, 0.717) is 22.3 Å². The van der Waals surface area contributed by atoms with Gasteiger partial charge < -0.3 is 0 Å². The summed E-state index contributed by atoms with van der Waals surface area (Å²) in [4.78, 5) is 0. The SMILES string of the molecule is N#CC(C#N)=c1sc(=C(C#N)C#N)c2c1-c1c-2c(=C(C#N)C#N)sc1=C(C#N)C#N. The number of fused-ring (bicyclic) bond motifs is 4. The van der Waals surface area contributed by atoms with Crippen molar-refractivity contribution in [2.24, 2.45) is 0 Å². The van der Waals surface area contributed by atoms with E-state index >= 15 is 0 Å². The lowest BCUT2D eigenvalue weighted by atomic mass is 9.82. The summed E-state index contributed by atoms with van der Waals surface area (Å²) in [5.41, 5.74) is 0.349. The van der Waals surface area contributed by atoms with E-state index in [1.165, 1.54) is 0 Å². The van der Waals surface area contributed by atoms with Crippen LogP contribution in [0.2, 0.25) is 0 Å². The van der Waals surface area contributed by atoms with Gasteiger partial charge in [0.25, 0.3) is 0 Å². The maximum Gasteiger partial charge on any atom is 0.147 e. The van der Waals surface area contributed by atoms with E-state index in [2.05, 4.69) is 0 Å². The average Bonchev–Trinajstić information content (AvgIpc) is 3.22. The normalized spacial score (nSPS) is 9.07. The van der Waals surface area contributed by atoms with E-state index in [0.717, 1.165) is 22.7 Å². The molecule has 0 saturated heterocycles. The van der Waals surface area contributed by atoms with Crippen molar-refractivity contribution in [2.75, 3.05) is 0 Å². The summed E-state index contributed by atoms with van der Waals surface area (Å²) >= 11 is 1.77. The van der Waals surface area contributed by atoms with Gasteiger partial charge in [-0.25, -0.2) is 0 Å². The molecule has 1 aliphatic carbocycles. The average molecular weight is 416 g/mol. The fraction of sp³-hybridized carbons (Fsp3) is 0. The van der Waals surface area contributed by atoms with Crippen molar-refractivity contribution >= 4 is 45.0 Å². The third-order valence-corrected chi connectivity index (χ3v) is 6.57. The molecule has 0 saturated carbocycles. The molecule has 0 atom stereocenters. The molecule has 0 radical (unpaired) electrons. The summed E-state index contributed by atoms with van der Waals surface area (Å²) in [6.07, 6.45) is 0. The summed E-state index contributed by atoms with van der Waals surface area (Å²) in [7, 11) is 0. The van der Waals surface area contributed by atoms with Crippen LogP contribution in [0.25, 0.3) is 44.5 Å². The molecule has 8 nitrogen and oxygen atoms in total. The van der Waals surface area contributed by atoms with Crippen LogP contribution in [0.1, 0.15) is 0 Å². The highest BCUT2D eigenvalue weighted by Gasteiger charge is 2.35. The number of hydrogen-bond acceptors (Lipinski definition) is 10. The zero-order valence-corrected chi connectivity index (χ0v) is 16.0. The monoisotopic (exact) mass is 416 g/mol. The minimum absolute atomic E-state index is 0.191. The lowest BCUT2D eigenvalue weighted by molar-refractivity contribution is 1.48. The largest absolute Gasteiger partial charge is 0.192 e. The van der Waals surface area contributed by atoms with Crippen molar-refractivity contribution < 1.29 is 0 Å². The first-order valence-corrected chi connectivity index (χ1v) is 9.24. The first kappa shape index (κ1) is 19.6. The molecule has 1 aliphatic rings. The third-order valence-electron chi connectivity index (χ3n) is 4.12. The Morgan fingerprint density at radius 1 is 0.367 bits per heavy atom. The summed E-state index contributed by atoms with van der Waals surface area (Å²) in [6.45, 7) is 0. The van der Waals surface area contributed by atoms with Gasteiger partial charge in [-0.3, -0.25) is 0 Å². The molecule has 0 aliphatic heterocycles. The maximum atomic E-state index is 9.33. The molecule has 30 heavy (non-hydrogen) atoms. The first-order valence-electron chi connectivity index (χ1n) is 7.61. The van der Waals surface area contributed by atoms with Crippen LogP contribution in [0, 0.1) is 90.6 Å². The van der Waals surface area contributed by atoms with Crippen molar-refractivity contribution in [1.82, 2.24) is 0 Å². The number of thiophene rings is 2. The van der Waals surface area contributed by atoms with Crippen molar-refractivity contribution in [3.8, 4) is 70.8 Å². The molecular weight excluding hydrogens is 416 g/mol. The Labute approximate surface area is 176 Å². The molecule has 0 bridgehead atoms. The summed E-state index contributed by atoms with van der Waals surface area (Å²) in [5, 5.41) is 74.7. The van der Waals surface area contributed by atoms with Crippen LogP contribution in [0.5, 0.6) is 0 Å². The Morgan fingerprint density at radius 3 is 0.667 bits per heavy atom. The minimum Gasteiger partial charge on any atom is -0.192 e. The highest BCUT2D eigenvalue weighted by atomic mass is 32.1. The van der Waals surface area contributed by atoms with Crippen molar-refractivity contribution in [3.05, 3.63) is 18.1 Å². The smallest absolute Gasteiger partial charge is 0.147 e. The summed E-state index contributed by atoms with van der Waals surface area (Å²) < 4.78 is 0.766. The molecule has 2 aromatic rings. The van der Waals surface area contributed by atoms with Crippen molar-refractivity contribution in [1.29, 1.82) is 42.1 Å². The highest BCUT2D eigenvalue weighted by molar-refractivity contribution is 7.11. The second-order valence-corrected chi connectivity index (χ2v) is 7.46. The van der Waals surface area contributed by atoms with Crippen molar-refractivity contribution in [2.45, 2.75) is 0 Å². The fourth-order valence-electron chi connectivity index (χ4n) is 2.96. The van der Waals surface area contributed by atoms with Crippen molar-refractivity contribution in [3.63, 3.8) is 0 Å². The molecule has 0 N–H and O–H groups in total. The first-order chi connectivity index (χ1) is 14.6. The lowest BCUT2D eigenvalue weighted by Crippen LogP contribution is -2.19. The van der Waals surface area contributed by atoms with Gasteiger partial charge in [0.2, 0.25) is 0 Å². The number of nitriles is 8. The predicted octanol–water partition coefficient (Wildman–Crippen LogP) is 0.248. The van der Waals surface area contributed by atoms with Crippen LogP contribution in [0.4, 0.5) is 0 Å². The van der Waals surface area contributed by atoms with E-state index in [-0.39, 0.29) is 40.4 Å². The van der Waals surface area contributed by atoms with Gasteiger partial charge in [-0.1, -0.05) is 0 Å². The molecule has 3 rings (SSSR count). The molecule has 2 aromatic heterocycles. The summed E-state index contributed by atoms with van der Waals surface area (Å²) in [5.74, 6) is 0. The molecule has 2 heterocycles. The molecule has 0 spiro atoms. The van der Waals surface area contributed by atoms with Gasteiger partial charge in [-0.2, -0.15) is 42.1 Å². The van der Waals surface area contributed by atoms with E-state index in [9.17, 15) is 42.1 Å². The van der Waals surface area contributed by atoms with Crippen LogP contribution < -0.4 is 18.1 Å². The van der Waals surface area contributed by atoms with Crippen LogP contribution in [0.15, 0.2) is 0 Å². The van der Waals surface area contributed by atoms with Crippen LogP contribution in [-0.2, 0) is 0 Å².